The number of nitrogens with two attached hydrogens (primary N) is 1. The molecule has 0 aromatic heterocycles. The number of likely N-dealkylation sites (tertiary alicyclic amines) is 1. The third-order valence-corrected chi connectivity index (χ3v) is 3.70. The molecule has 100 valence electrons. The summed E-state index contributed by atoms with van der Waals surface area (Å²) in [6.07, 6.45) is 2.73. The molecule has 1 aliphatic heterocycles. The van der Waals surface area contributed by atoms with E-state index in [2.05, 4.69) is 30.1 Å². The molecule has 0 aliphatic carbocycles. The van der Waals surface area contributed by atoms with Crippen LogP contribution in [0.25, 0.3) is 0 Å². The minimum atomic E-state index is 0.655. The molecule has 0 saturated carbocycles. The molecule has 2 rings (SSSR count). The molecular formula is C15H25N3. The Morgan fingerprint density at radius 1 is 1.33 bits per heavy atom. The number of nitrogens with zero attached hydrogens (tertiary/aromatic N) is 1. The number of nitrogen functional groups attached to an aromatic ring is 1. The molecule has 0 amide bonds. The zero-order valence-electron chi connectivity index (χ0n) is 11.6. The molecule has 1 unspecified atom stereocenters. The maximum absolute atomic E-state index is 6.00. The summed E-state index contributed by atoms with van der Waals surface area (Å²) in [5.74, 6) is 0.655. The summed E-state index contributed by atoms with van der Waals surface area (Å²) in [5.41, 5.74) is 9.18. The van der Waals surface area contributed by atoms with Gasteiger partial charge >= 0.3 is 0 Å². The SMILES string of the molecule is Cc1cccc(N)c1NCC(C)CN1CCCC1. The van der Waals surface area contributed by atoms with Gasteiger partial charge in [-0.05, 0) is 50.4 Å². The Morgan fingerprint density at radius 2 is 2.06 bits per heavy atom. The molecule has 0 bridgehead atoms. The molecule has 3 heteroatoms. The van der Waals surface area contributed by atoms with E-state index in [9.17, 15) is 0 Å². The van der Waals surface area contributed by atoms with E-state index in [0.717, 1.165) is 17.9 Å². The van der Waals surface area contributed by atoms with Crippen LogP contribution in [-0.2, 0) is 0 Å². The van der Waals surface area contributed by atoms with Crippen LogP contribution < -0.4 is 11.1 Å². The van der Waals surface area contributed by atoms with E-state index < -0.39 is 0 Å². The number of nitrogens with one attached hydrogen (secondary N) is 1. The largest absolute Gasteiger partial charge is 0.397 e. The summed E-state index contributed by atoms with van der Waals surface area (Å²) >= 11 is 0. The van der Waals surface area contributed by atoms with Crippen molar-refractivity contribution in [3.05, 3.63) is 23.8 Å². The van der Waals surface area contributed by atoms with Gasteiger partial charge in [0.1, 0.15) is 0 Å². The summed E-state index contributed by atoms with van der Waals surface area (Å²) in [6.45, 7) is 9.14. The van der Waals surface area contributed by atoms with Gasteiger partial charge in [0.05, 0.1) is 11.4 Å². The highest BCUT2D eigenvalue weighted by Crippen LogP contribution is 2.22. The van der Waals surface area contributed by atoms with E-state index in [1.54, 1.807) is 0 Å². The summed E-state index contributed by atoms with van der Waals surface area (Å²) in [5, 5.41) is 3.50. The first kappa shape index (κ1) is 13.2. The minimum absolute atomic E-state index is 0.655. The van der Waals surface area contributed by atoms with Crippen molar-refractivity contribution in [1.29, 1.82) is 0 Å². The lowest BCUT2D eigenvalue weighted by Gasteiger charge is -2.21. The molecule has 1 aromatic carbocycles. The van der Waals surface area contributed by atoms with Crippen molar-refractivity contribution in [2.24, 2.45) is 5.92 Å². The van der Waals surface area contributed by atoms with Crippen LogP contribution in [0.3, 0.4) is 0 Å². The van der Waals surface area contributed by atoms with Gasteiger partial charge in [0.2, 0.25) is 0 Å². The standard InChI is InChI=1S/C15H25N3/c1-12(11-18-8-3-4-9-18)10-17-15-13(2)6-5-7-14(15)16/h5-7,12,17H,3-4,8-11,16H2,1-2H3. The monoisotopic (exact) mass is 247 g/mol. The van der Waals surface area contributed by atoms with Crippen molar-refractivity contribution in [2.45, 2.75) is 26.7 Å². The van der Waals surface area contributed by atoms with E-state index in [1.807, 2.05) is 12.1 Å². The molecule has 18 heavy (non-hydrogen) atoms. The molecule has 3 N–H and O–H groups in total. The summed E-state index contributed by atoms with van der Waals surface area (Å²) in [7, 11) is 0. The molecule has 0 spiro atoms. The van der Waals surface area contributed by atoms with Crippen molar-refractivity contribution < 1.29 is 0 Å². The molecule has 1 fully saturated rings. The number of hydrogen-bond donors (Lipinski definition) is 2. The number of rotatable bonds is 5. The van der Waals surface area contributed by atoms with Gasteiger partial charge in [-0.15, -0.1) is 0 Å². The molecule has 1 atom stereocenters. The fourth-order valence-electron chi connectivity index (χ4n) is 2.68. The van der Waals surface area contributed by atoms with Crippen molar-refractivity contribution >= 4 is 11.4 Å². The molecule has 1 heterocycles. The molecular weight excluding hydrogens is 222 g/mol. The first-order valence-corrected chi connectivity index (χ1v) is 6.98. The summed E-state index contributed by atoms with van der Waals surface area (Å²) in [6, 6.07) is 6.06. The van der Waals surface area contributed by atoms with E-state index in [1.165, 1.54) is 38.0 Å². The van der Waals surface area contributed by atoms with E-state index >= 15 is 0 Å². The minimum Gasteiger partial charge on any atom is -0.397 e. The smallest absolute Gasteiger partial charge is 0.0603 e. The Hall–Kier alpha value is -1.22. The van der Waals surface area contributed by atoms with Crippen molar-refractivity contribution in [2.75, 3.05) is 37.2 Å². The van der Waals surface area contributed by atoms with Crippen LogP contribution in [0.4, 0.5) is 11.4 Å². The lowest BCUT2D eigenvalue weighted by molar-refractivity contribution is 0.294. The number of aryl methyl sites for hydroxylation is 1. The van der Waals surface area contributed by atoms with Crippen LogP contribution in [0.5, 0.6) is 0 Å². The normalized spacial score (nSPS) is 17.9. The van der Waals surface area contributed by atoms with E-state index in [0.29, 0.717) is 5.92 Å². The highest BCUT2D eigenvalue weighted by molar-refractivity contribution is 5.69. The van der Waals surface area contributed by atoms with Crippen molar-refractivity contribution in [3.63, 3.8) is 0 Å². The predicted octanol–water partition coefficient (Wildman–Crippen LogP) is 2.72. The Bertz CT molecular complexity index is 363. The number of anilines is 2. The zero-order valence-corrected chi connectivity index (χ0v) is 11.6. The Labute approximate surface area is 110 Å². The number of benzene rings is 1. The topological polar surface area (TPSA) is 41.3 Å². The highest BCUT2D eigenvalue weighted by atomic mass is 15.1. The lowest BCUT2D eigenvalue weighted by atomic mass is 10.1. The van der Waals surface area contributed by atoms with Gasteiger partial charge in [0.15, 0.2) is 0 Å². The quantitative estimate of drug-likeness (QED) is 0.786. The third kappa shape index (κ3) is 3.39. The predicted molar refractivity (Wildman–Crippen MR) is 78.9 cm³/mol. The van der Waals surface area contributed by atoms with Gasteiger partial charge < -0.3 is 16.0 Å². The fourth-order valence-corrected chi connectivity index (χ4v) is 2.68. The van der Waals surface area contributed by atoms with Gasteiger partial charge in [-0.2, -0.15) is 0 Å². The number of hydrogen-bond acceptors (Lipinski definition) is 3. The second-order valence-electron chi connectivity index (χ2n) is 5.53. The summed E-state index contributed by atoms with van der Waals surface area (Å²) in [4.78, 5) is 2.56. The molecule has 1 aromatic rings. The van der Waals surface area contributed by atoms with Crippen LogP contribution in [-0.4, -0.2) is 31.1 Å². The first-order valence-electron chi connectivity index (χ1n) is 6.98. The van der Waals surface area contributed by atoms with Crippen molar-refractivity contribution in [1.82, 2.24) is 4.90 Å². The van der Waals surface area contributed by atoms with Gasteiger partial charge in [0.25, 0.3) is 0 Å². The third-order valence-electron chi connectivity index (χ3n) is 3.70. The number of para-hydroxylation sites is 1. The molecule has 1 saturated heterocycles. The second-order valence-corrected chi connectivity index (χ2v) is 5.53. The van der Waals surface area contributed by atoms with Crippen LogP contribution in [0.15, 0.2) is 18.2 Å². The lowest BCUT2D eigenvalue weighted by Crippen LogP contribution is -2.29. The van der Waals surface area contributed by atoms with Gasteiger partial charge in [-0.25, -0.2) is 0 Å². The second kappa shape index (κ2) is 6.10. The highest BCUT2D eigenvalue weighted by Gasteiger charge is 2.14. The van der Waals surface area contributed by atoms with E-state index in [-0.39, 0.29) is 0 Å². The average molecular weight is 247 g/mol. The van der Waals surface area contributed by atoms with Crippen LogP contribution in [0.1, 0.15) is 25.3 Å². The zero-order chi connectivity index (χ0) is 13.0. The van der Waals surface area contributed by atoms with Crippen LogP contribution in [0, 0.1) is 12.8 Å². The van der Waals surface area contributed by atoms with Crippen molar-refractivity contribution in [3.8, 4) is 0 Å². The molecule has 3 nitrogen and oxygen atoms in total. The van der Waals surface area contributed by atoms with Crippen LogP contribution >= 0.6 is 0 Å². The first-order chi connectivity index (χ1) is 8.66. The van der Waals surface area contributed by atoms with Gasteiger partial charge in [0, 0.05) is 13.1 Å². The fraction of sp³-hybridized carbons (Fsp3) is 0.600. The Kier molecular flexibility index (Phi) is 4.48. The maximum atomic E-state index is 6.00. The van der Waals surface area contributed by atoms with Gasteiger partial charge in [-0.3, -0.25) is 0 Å². The molecule has 0 radical (unpaired) electrons. The Morgan fingerprint density at radius 3 is 2.72 bits per heavy atom. The molecule has 1 aliphatic rings. The Balaban J connectivity index is 1.83. The van der Waals surface area contributed by atoms with E-state index in [4.69, 9.17) is 5.73 Å². The van der Waals surface area contributed by atoms with Gasteiger partial charge in [-0.1, -0.05) is 19.1 Å². The summed E-state index contributed by atoms with van der Waals surface area (Å²) < 4.78 is 0. The maximum Gasteiger partial charge on any atom is 0.0603 e. The average Bonchev–Trinajstić information content (AvgIpc) is 2.81. The van der Waals surface area contributed by atoms with Crippen LogP contribution in [0.2, 0.25) is 0 Å².